The van der Waals surface area contributed by atoms with Crippen LogP contribution in [0.2, 0.25) is 0 Å². The third-order valence-electron chi connectivity index (χ3n) is 3.03. The van der Waals surface area contributed by atoms with Gasteiger partial charge < -0.3 is 0 Å². The minimum atomic E-state index is 0.525. The van der Waals surface area contributed by atoms with Crippen LogP contribution in [0.5, 0.6) is 0 Å². The van der Waals surface area contributed by atoms with Crippen LogP contribution in [0.4, 0.5) is 0 Å². The fourth-order valence-corrected chi connectivity index (χ4v) is 1.98. The molecule has 1 aromatic carbocycles. The Balaban J connectivity index is 2.26. The second-order valence-corrected chi connectivity index (χ2v) is 4.05. The third-order valence-corrected chi connectivity index (χ3v) is 3.03. The Labute approximate surface area is 96.9 Å². The molecule has 0 amide bonds. The van der Waals surface area contributed by atoms with Crippen LogP contribution >= 0.6 is 0 Å². The molecule has 2 rings (SSSR count). The highest BCUT2D eigenvalue weighted by Crippen LogP contribution is 2.21. The van der Waals surface area contributed by atoms with E-state index in [1.54, 1.807) is 0 Å². The summed E-state index contributed by atoms with van der Waals surface area (Å²) in [6.07, 6.45) is 6.36. The molecule has 0 radical (unpaired) electrons. The molecule has 2 aromatic rings. The van der Waals surface area contributed by atoms with E-state index >= 15 is 0 Å². The molecule has 2 nitrogen and oxygen atoms in total. The predicted octanol–water partition coefficient (Wildman–Crippen LogP) is 3.91. The lowest BCUT2D eigenvalue weighted by Gasteiger charge is -2.12. The lowest BCUT2D eigenvalue weighted by atomic mass is 10.1. The largest absolute Gasteiger partial charge is 0.269 e. The van der Waals surface area contributed by atoms with Gasteiger partial charge in [0.1, 0.15) is 0 Å². The Morgan fingerprint density at radius 3 is 2.38 bits per heavy atom. The number of nitrogens with zero attached hydrogens (tertiary/aromatic N) is 2. The fraction of sp³-hybridized carbons (Fsp3) is 0.357. The lowest BCUT2D eigenvalue weighted by molar-refractivity contribution is 0.428. The van der Waals surface area contributed by atoms with Gasteiger partial charge in [-0.3, -0.25) is 4.68 Å². The van der Waals surface area contributed by atoms with E-state index in [9.17, 15) is 0 Å². The monoisotopic (exact) mass is 214 g/mol. The molecule has 1 aromatic heterocycles. The molecule has 0 saturated carbocycles. The van der Waals surface area contributed by atoms with Gasteiger partial charge in [-0.1, -0.05) is 44.2 Å². The Morgan fingerprint density at radius 2 is 1.75 bits per heavy atom. The maximum Gasteiger partial charge on any atom is 0.0568 e. The highest BCUT2D eigenvalue weighted by atomic mass is 15.3. The average molecular weight is 214 g/mol. The van der Waals surface area contributed by atoms with Crippen LogP contribution in [-0.4, -0.2) is 9.78 Å². The van der Waals surface area contributed by atoms with Gasteiger partial charge in [0, 0.05) is 11.8 Å². The first-order valence-corrected chi connectivity index (χ1v) is 5.94. The molecule has 0 fully saturated rings. The minimum Gasteiger partial charge on any atom is -0.269 e. The number of hydrogen-bond donors (Lipinski definition) is 0. The van der Waals surface area contributed by atoms with E-state index in [-0.39, 0.29) is 0 Å². The van der Waals surface area contributed by atoms with Gasteiger partial charge in [0.05, 0.1) is 12.2 Å². The van der Waals surface area contributed by atoms with Gasteiger partial charge in [0.2, 0.25) is 0 Å². The van der Waals surface area contributed by atoms with E-state index in [0.29, 0.717) is 6.04 Å². The van der Waals surface area contributed by atoms with Crippen molar-refractivity contribution in [2.24, 2.45) is 0 Å². The number of benzene rings is 1. The zero-order chi connectivity index (χ0) is 11.4. The molecule has 0 unspecified atom stereocenters. The summed E-state index contributed by atoms with van der Waals surface area (Å²) in [6, 6.07) is 10.9. The molecule has 1 heterocycles. The molecule has 0 N–H and O–H groups in total. The van der Waals surface area contributed by atoms with Crippen molar-refractivity contribution in [1.29, 1.82) is 0 Å². The molecule has 0 atom stereocenters. The SMILES string of the molecule is CCC(CC)n1cc(-c2ccccc2)cn1. The first-order valence-electron chi connectivity index (χ1n) is 5.94. The quantitative estimate of drug-likeness (QED) is 0.754. The van der Waals surface area contributed by atoms with Crippen molar-refractivity contribution in [3.8, 4) is 11.1 Å². The average Bonchev–Trinajstić information content (AvgIpc) is 2.81. The van der Waals surface area contributed by atoms with E-state index in [0.717, 1.165) is 12.8 Å². The summed E-state index contributed by atoms with van der Waals surface area (Å²) in [4.78, 5) is 0. The van der Waals surface area contributed by atoms with Gasteiger partial charge in [-0.15, -0.1) is 0 Å². The number of aromatic nitrogens is 2. The van der Waals surface area contributed by atoms with Gasteiger partial charge >= 0.3 is 0 Å². The molecule has 2 heteroatoms. The summed E-state index contributed by atoms with van der Waals surface area (Å²) in [5.41, 5.74) is 2.44. The van der Waals surface area contributed by atoms with Crippen LogP contribution < -0.4 is 0 Å². The van der Waals surface area contributed by atoms with Crippen LogP contribution in [0.1, 0.15) is 32.7 Å². The van der Waals surface area contributed by atoms with E-state index in [4.69, 9.17) is 0 Å². The molecule has 0 aliphatic rings. The molecular formula is C14H18N2. The summed E-state index contributed by atoms with van der Waals surface area (Å²) in [6.45, 7) is 4.41. The van der Waals surface area contributed by atoms with E-state index < -0.39 is 0 Å². The summed E-state index contributed by atoms with van der Waals surface area (Å²) >= 11 is 0. The van der Waals surface area contributed by atoms with Crippen molar-refractivity contribution < 1.29 is 0 Å². The summed E-state index contributed by atoms with van der Waals surface area (Å²) in [5.74, 6) is 0. The Hall–Kier alpha value is -1.57. The molecular weight excluding hydrogens is 196 g/mol. The fourth-order valence-electron chi connectivity index (χ4n) is 1.98. The van der Waals surface area contributed by atoms with Crippen molar-refractivity contribution in [1.82, 2.24) is 9.78 Å². The molecule has 0 aliphatic heterocycles. The van der Waals surface area contributed by atoms with E-state index in [1.165, 1.54) is 11.1 Å². The van der Waals surface area contributed by atoms with E-state index in [1.807, 2.05) is 12.3 Å². The molecule has 0 aliphatic carbocycles. The Morgan fingerprint density at radius 1 is 1.06 bits per heavy atom. The van der Waals surface area contributed by atoms with Crippen molar-refractivity contribution in [3.05, 3.63) is 42.7 Å². The maximum atomic E-state index is 4.45. The smallest absolute Gasteiger partial charge is 0.0568 e. The lowest BCUT2D eigenvalue weighted by Crippen LogP contribution is -2.06. The number of hydrogen-bond acceptors (Lipinski definition) is 1. The van der Waals surface area contributed by atoms with Crippen molar-refractivity contribution in [2.75, 3.05) is 0 Å². The molecule has 0 saturated heterocycles. The summed E-state index contributed by atoms with van der Waals surface area (Å²) < 4.78 is 2.09. The van der Waals surface area contributed by atoms with Crippen molar-refractivity contribution in [2.45, 2.75) is 32.7 Å². The highest BCUT2D eigenvalue weighted by molar-refractivity contribution is 5.61. The first-order chi connectivity index (χ1) is 7.85. The maximum absolute atomic E-state index is 4.45. The summed E-state index contributed by atoms with van der Waals surface area (Å²) in [7, 11) is 0. The highest BCUT2D eigenvalue weighted by Gasteiger charge is 2.08. The standard InChI is InChI=1S/C14H18N2/c1-3-14(4-2)16-11-13(10-15-16)12-8-6-5-7-9-12/h5-11,14H,3-4H2,1-2H3. The first kappa shape index (κ1) is 10.9. The van der Waals surface area contributed by atoms with Gasteiger partial charge in [0.25, 0.3) is 0 Å². The van der Waals surface area contributed by atoms with Crippen LogP contribution in [0.15, 0.2) is 42.7 Å². The molecule has 84 valence electrons. The van der Waals surface area contributed by atoms with Crippen LogP contribution in [0, 0.1) is 0 Å². The second-order valence-electron chi connectivity index (χ2n) is 4.05. The van der Waals surface area contributed by atoms with Crippen LogP contribution in [0.25, 0.3) is 11.1 Å². The summed E-state index contributed by atoms with van der Waals surface area (Å²) in [5, 5.41) is 4.45. The van der Waals surface area contributed by atoms with Gasteiger partial charge in [-0.05, 0) is 18.4 Å². The van der Waals surface area contributed by atoms with Gasteiger partial charge in [-0.25, -0.2) is 0 Å². The normalized spacial score (nSPS) is 10.9. The van der Waals surface area contributed by atoms with Crippen molar-refractivity contribution in [3.63, 3.8) is 0 Å². The third kappa shape index (κ3) is 2.16. The van der Waals surface area contributed by atoms with Crippen LogP contribution in [0.3, 0.4) is 0 Å². The molecule has 0 bridgehead atoms. The minimum absolute atomic E-state index is 0.525. The predicted molar refractivity (Wildman–Crippen MR) is 67.3 cm³/mol. The zero-order valence-electron chi connectivity index (χ0n) is 9.93. The van der Waals surface area contributed by atoms with Crippen molar-refractivity contribution >= 4 is 0 Å². The molecule has 0 spiro atoms. The van der Waals surface area contributed by atoms with Gasteiger partial charge in [-0.2, -0.15) is 5.10 Å². The van der Waals surface area contributed by atoms with E-state index in [2.05, 4.69) is 54.1 Å². The van der Waals surface area contributed by atoms with Gasteiger partial charge in [0.15, 0.2) is 0 Å². The Kier molecular flexibility index (Phi) is 3.40. The van der Waals surface area contributed by atoms with Crippen LogP contribution in [-0.2, 0) is 0 Å². The number of rotatable bonds is 4. The topological polar surface area (TPSA) is 17.8 Å². The zero-order valence-corrected chi connectivity index (χ0v) is 9.93. The molecule has 16 heavy (non-hydrogen) atoms. The Bertz CT molecular complexity index is 427. The second kappa shape index (κ2) is 4.97.